The predicted molar refractivity (Wildman–Crippen MR) is 50.0 cm³/mol. The highest BCUT2D eigenvalue weighted by molar-refractivity contribution is 7.46. The fraction of sp³-hybridized carbons (Fsp3) is 0. The lowest BCUT2D eigenvalue weighted by atomic mass is 10.4. The van der Waals surface area contributed by atoms with Gasteiger partial charge in [0.2, 0.25) is 0 Å². The molecule has 0 aliphatic carbocycles. The molecule has 1 rings (SSSR count). The van der Waals surface area contributed by atoms with Gasteiger partial charge in [0.05, 0.1) is 0 Å². The van der Waals surface area contributed by atoms with Gasteiger partial charge in [-0.25, -0.2) is 4.31 Å². The Labute approximate surface area is 76.9 Å². The van der Waals surface area contributed by atoms with Gasteiger partial charge in [0, 0.05) is 0 Å². The molecule has 0 amide bonds. The summed E-state index contributed by atoms with van der Waals surface area (Å²) in [5, 5.41) is 0. The van der Waals surface area contributed by atoms with Gasteiger partial charge in [-0.15, -0.1) is 0 Å². The van der Waals surface area contributed by atoms with E-state index in [-0.39, 0.29) is 0 Å². The van der Waals surface area contributed by atoms with E-state index in [1.54, 1.807) is 0 Å². The molecule has 7 heteroatoms. The van der Waals surface area contributed by atoms with Gasteiger partial charge in [-0.3, -0.25) is 9.13 Å². The van der Waals surface area contributed by atoms with Crippen LogP contribution in [0.5, 0.6) is 0 Å². The topological polar surface area (TPSA) is 83.8 Å². The molecule has 5 nitrogen and oxygen atoms in total. The van der Waals surface area contributed by atoms with Crippen LogP contribution in [0.3, 0.4) is 0 Å². The zero-order valence-corrected chi connectivity index (χ0v) is 8.58. The molecule has 0 fully saturated rings. The van der Waals surface area contributed by atoms with E-state index in [0.29, 0.717) is 0 Å². The SMILES string of the molecule is O=[PH](O)O[PH](=O)O.c1ccccc1. The maximum atomic E-state index is 9.44. The normalized spacial score (nSPS) is 13.7. The molecule has 2 unspecified atom stereocenters. The third-order valence-electron chi connectivity index (χ3n) is 0.841. The molecule has 0 saturated heterocycles. The Morgan fingerprint density at radius 2 is 1.00 bits per heavy atom. The van der Waals surface area contributed by atoms with Crippen LogP contribution in [0.15, 0.2) is 36.4 Å². The van der Waals surface area contributed by atoms with Crippen LogP contribution in [0.4, 0.5) is 0 Å². The lowest BCUT2D eigenvalue weighted by Gasteiger charge is -1.86. The van der Waals surface area contributed by atoms with E-state index in [1.165, 1.54) is 0 Å². The van der Waals surface area contributed by atoms with E-state index < -0.39 is 16.5 Å². The molecule has 0 radical (unpaired) electrons. The van der Waals surface area contributed by atoms with Gasteiger partial charge in [0.15, 0.2) is 0 Å². The van der Waals surface area contributed by atoms with Crippen molar-refractivity contribution < 1.29 is 23.2 Å². The van der Waals surface area contributed by atoms with Crippen LogP contribution >= 0.6 is 16.5 Å². The second kappa shape index (κ2) is 8.17. The molecule has 0 aliphatic heterocycles. The van der Waals surface area contributed by atoms with Crippen molar-refractivity contribution in [2.45, 2.75) is 0 Å². The first kappa shape index (κ1) is 12.6. The van der Waals surface area contributed by atoms with Gasteiger partial charge in [-0.1, -0.05) is 36.4 Å². The maximum absolute atomic E-state index is 9.44. The van der Waals surface area contributed by atoms with Gasteiger partial charge in [-0.2, -0.15) is 0 Å². The molecule has 0 bridgehead atoms. The van der Waals surface area contributed by atoms with Crippen molar-refractivity contribution in [3.8, 4) is 0 Å². The smallest absolute Gasteiger partial charge is 0.323 e. The Balaban J connectivity index is 0.000000223. The van der Waals surface area contributed by atoms with Gasteiger partial charge >= 0.3 is 16.5 Å². The zero-order valence-electron chi connectivity index (χ0n) is 6.58. The molecule has 0 spiro atoms. The molecule has 1 aromatic rings. The predicted octanol–water partition coefficient (Wildman–Crippen LogP) is 1.45. The van der Waals surface area contributed by atoms with Crippen LogP contribution < -0.4 is 0 Å². The summed E-state index contributed by atoms with van der Waals surface area (Å²) in [5.41, 5.74) is 0. The zero-order chi connectivity index (χ0) is 10.1. The first-order valence-electron chi connectivity index (χ1n) is 3.26. The lowest BCUT2D eigenvalue weighted by Crippen LogP contribution is -1.58. The van der Waals surface area contributed by atoms with Crippen molar-refractivity contribution in [1.29, 1.82) is 0 Å². The fourth-order valence-electron chi connectivity index (χ4n) is 0.460. The van der Waals surface area contributed by atoms with E-state index in [9.17, 15) is 9.13 Å². The van der Waals surface area contributed by atoms with Gasteiger partial charge in [-0.05, 0) is 0 Å². The van der Waals surface area contributed by atoms with Crippen LogP contribution in [0.25, 0.3) is 0 Å². The Bertz CT molecular complexity index is 224. The summed E-state index contributed by atoms with van der Waals surface area (Å²) in [6.07, 6.45) is 0. The Kier molecular flexibility index (Phi) is 7.90. The summed E-state index contributed by atoms with van der Waals surface area (Å²) in [6.45, 7) is 0. The minimum atomic E-state index is -3.20. The van der Waals surface area contributed by atoms with Crippen LogP contribution in [0.2, 0.25) is 0 Å². The molecular formula is C6H10O5P2. The molecule has 1 aromatic carbocycles. The number of rotatable bonds is 2. The molecule has 0 saturated carbocycles. The number of benzene rings is 1. The van der Waals surface area contributed by atoms with Crippen LogP contribution in [-0.2, 0) is 13.4 Å². The molecule has 0 heterocycles. The quantitative estimate of drug-likeness (QED) is 0.742. The monoisotopic (exact) mass is 224 g/mol. The van der Waals surface area contributed by atoms with Crippen molar-refractivity contribution in [2.24, 2.45) is 0 Å². The minimum absolute atomic E-state index is 2.00. The molecule has 2 atom stereocenters. The summed E-state index contributed by atoms with van der Waals surface area (Å²) < 4.78 is 22.3. The van der Waals surface area contributed by atoms with Crippen LogP contribution in [-0.4, -0.2) is 9.79 Å². The van der Waals surface area contributed by atoms with E-state index in [4.69, 9.17) is 9.79 Å². The second-order valence-electron chi connectivity index (χ2n) is 1.79. The highest BCUT2D eigenvalue weighted by atomic mass is 31.2. The molecule has 2 N–H and O–H groups in total. The van der Waals surface area contributed by atoms with Crippen molar-refractivity contribution in [2.75, 3.05) is 0 Å². The standard InChI is InChI=1S/C6H6.H4O5P2/c1-2-4-6-5-3-1;1-6(2)5-7(3)4/h1-6H;6-7H,(H,1,2)(H,3,4). The average molecular weight is 224 g/mol. The largest absolute Gasteiger partial charge is 0.326 e. The van der Waals surface area contributed by atoms with Crippen molar-refractivity contribution in [3.05, 3.63) is 36.4 Å². The van der Waals surface area contributed by atoms with Gasteiger partial charge in [0.25, 0.3) is 0 Å². The Hall–Kier alpha value is -0.440. The van der Waals surface area contributed by atoms with E-state index >= 15 is 0 Å². The van der Waals surface area contributed by atoms with Crippen LogP contribution in [0, 0.1) is 0 Å². The molecular weight excluding hydrogens is 214 g/mol. The minimum Gasteiger partial charge on any atom is -0.326 e. The van der Waals surface area contributed by atoms with Crippen molar-refractivity contribution >= 4 is 16.5 Å². The number of hydrogen-bond acceptors (Lipinski definition) is 3. The van der Waals surface area contributed by atoms with Gasteiger partial charge in [0.1, 0.15) is 0 Å². The van der Waals surface area contributed by atoms with Gasteiger partial charge < -0.3 is 9.79 Å². The molecule has 74 valence electrons. The highest BCUT2D eigenvalue weighted by Crippen LogP contribution is 2.30. The molecule has 13 heavy (non-hydrogen) atoms. The van der Waals surface area contributed by atoms with E-state index in [1.807, 2.05) is 36.4 Å². The van der Waals surface area contributed by atoms with Crippen LogP contribution in [0.1, 0.15) is 0 Å². The van der Waals surface area contributed by atoms with E-state index in [0.717, 1.165) is 0 Å². The second-order valence-corrected chi connectivity index (χ2v) is 3.67. The first-order chi connectivity index (χ1) is 6.13. The highest BCUT2D eigenvalue weighted by Gasteiger charge is 1.93. The molecule has 0 aliphatic rings. The Morgan fingerprint density at radius 3 is 1.08 bits per heavy atom. The van der Waals surface area contributed by atoms with E-state index in [2.05, 4.69) is 4.31 Å². The summed E-state index contributed by atoms with van der Waals surface area (Å²) in [7, 11) is -6.40. The number of hydrogen-bond donors (Lipinski definition) is 2. The summed E-state index contributed by atoms with van der Waals surface area (Å²) in [5.74, 6) is 0. The van der Waals surface area contributed by atoms with Crippen molar-refractivity contribution in [1.82, 2.24) is 0 Å². The summed E-state index contributed by atoms with van der Waals surface area (Å²) >= 11 is 0. The Morgan fingerprint density at radius 1 is 0.769 bits per heavy atom. The third-order valence-corrected chi connectivity index (χ3v) is 2.24. The maximum Gasteiger partial charge on any atom is 0.323 e. The fourth-order valence-corrected chi connectivity index (χ4v) is 1.06. The lowest BCUT2D eigenvalue weighted by molar-refractivity contribution is 0.371. The third kappa shape index (κ3) is 11.6. The average Bonchev–Trinajstić information content (AvgIpc) is 2.06. The van der Waals surface area contributed by atoms with Crippen molar-refractivity contribution in [3.63, 3.8) is 0 Å². The summed E-state index contributed by atoms with van der Waals surface area (Å²) in [6, 6.07) is 12.0. The molecule has 0 aromatic heterocycles. The summed E-state index contributed by atoms with van der Waals surface area (Å²) in [4.78, 5) is 15.4. The first-order valence-corrected chi connectivity index (χ1v) is 5.79.